The van der Waals surface area contributed by atoms with Crippen LogP contribution in [0, 0.1) is 6.92 Å². The summed E-state index contributed by atoms with van der Waals surface area (Å²) in [6.07, 6.45) is 3.93. The summed E-state index contributed by atoms with van der Waals surface area (Å²) in [4.78, 5) is 36.8. The first kappa shape index (κ1) is 21.1. The van der Waals surface area contributed by atoms with Crippen LogP contribution in [-0.2, 0) is 14.4 Å². The molecule has 0 aliphatic carbocycles. The number of amides is 2. The minimum Gasteiger partial charge on any atom is -0.481 e. The molecule has 0 unspecified atom stereocenters. The second kappa shape index (κ2) is 10.2. The van der Waals surface area contributed by atoms with Crippen molar-refractivity contribution in [1.82, 2.24) is 10.2 Å². The Kier molecular flexibility index (Phi) is 7.99. The van der Waals surface area contributed by atoms with Crippen LogP contribution in [0.15, 0.2) is 29.2 Å². The standard InChI is InChI=1S/C19H22N2O4S2/c1-13-6-8-14(9-7-13)11-15-18(25)21(19(26)27-15)12-16(22)20-10-4-2-3-5-17(23)24/h6-9,11H,2-5,10,12H2,1H3,(H,20,22)(H,23,24)/b15-11-. The molecule has 27 heavy (non-hydrogen) atoms. The molecular weight excluding hydrogens is 384 g/mol. The van der Waals surface area contributed by atoms with Crippen molar-refractivity contribution in [2.24, 2.45) is 0 Å². The second-order valence-electron chi connectivity index (χ2n) is 6.23. The SMILES string of the molecule is Cc1ccc(/C=C2\SC(=S)N(CC(=O)NCCCCCC(=O)O)C2=O)cc1. The largest absolute Gasteiger partial charge is 0.481 e. The highest BCUT2D eigenvalue weighted by Gasteiger charge is 2.33. The van der Waals surface area contributed by atoms with Gasteiger partial charge in [0.15, 0.2) is 0 Å². The maximum Gasteiger partial charge on any atom is 0.303 e. The van der Waals surface area contributed by atoms with E-state index < -0.39 is 5.97 Å². The molecule has 0 saturated carbocycles. The highest BCUT2D eigenvalue weighted by Crippen LogP contribution is 2.32. The van der Waals surface area contributed by atoms with Crippen LogP contribution in [0.5, 0.6) is 0 Å². The zero-order valence-electron chi connectivity index (χ0n) is 15.1. The molecule has 1 aromatic carbocycles. The monoisotopic (exact) mass is 406 g/mol. The zero-order valence-corrected chi connectivity index (χ0v) is 16.7. The van der Waals surface area contributed by atoms with Gasteiger partial charge in [-0.05, 0) is 31.4 Å². The lowest BCUT2D eigenvalue weighted by atomic mass is 10.1. The summed E-state index contributed by atoms with van der Waals surface area (Å²) < 4.78 is 0.370. The number of hydrogen-bond donors (Lipinski definition) is 2. The van der Waals surface area contributed by atoms with E-state index in [9.17, 15) is 14.4 Å². The molecule has 8 heteroatoms. The number of aryl methyl sites for hydroxylation is 1. The molecule has 6 nitrogen and oxygen atoms in total. The van der Waals surface area contributed by atoms with E-state index in [4.69, 9.17) is 17.3 Å². The number of carbonyl (C=O) groups is 3. The number of thioether (sulfide) groups is 1. The average Bonchev–Trinajstić information content (AvgIpc) is 2.87. The maximum atomic E-state index is 12.5. The van der Waals surface area contributed by atoms with Crippen LogP contribution >= 0.6 is 24.0 Å². The van der Waals surface area contributed by atoms with Crippen LogP contribution in [-0.4, -0.2) is 45.2 Å². The molecule has 1 aromatic rings. The van der Waals surface area contributed by atoms with Crippen LogP contribution in [0.1, 0.15) is 36.8 Å². The molecule has 2 N–H and O–H groups in total. The van der Waals surface area contributed by atoms with E-state index in [1.165, 1.54) is 16.7 Å². The number of carbonyl (C=O) groups excluding carboxylic acids is 2. The van der Waals surface area contributed by atoms with E-state index in [2.05, 4.69) is 5.32 Å². The van der Waals surface area contributed by atoms with Gasteiger partial charge >= 0.3 is 5.97 Å². The van der Waals surface area contributed by atoms with Gasteiger partial charge in [-0.15, -0.1) is 0 Å². The molecule has 1 heterocycles. The van der Waals surface area contributed by atoms with Gasteiger partial charge in [0.2, 0.25) is 5.91 Å². The van der Waals surface area contributed by atoms with Gasteiger partial charge in [0.1, 0.15) is 10.9 Å². The lowest BCUT2D eigenvalue weighted by Crippen LogP contribution is -2.39. The van der Waals surface area contributed by atoms with Crippen LogP contribution in [0.3, 0.4) is 0 Å². The fraction of sp³-hybridized carbons (Fsp3) is 0.368. The van der Waals surface area contributed by atoms with Crippen LogP contribution in [0.4, 0.5) is 0 Å². The lowest BCUT2D eigenvalue weighted by Gasteiger charge is -2.14. The van der Waals surface area contributed by atoms with Crippen molar-refractivity contribution in [3.05, 3.63) is 40.3 Å². The fourth-order valence-corrected chi connectivity index (χ4v) is 3.71. The first-order chi connectivity index (χ1) is 12.9. The zero-order chi connectivity index (χ0) is 19.8. The minimum atomic E-state index is -0.813. The summed E-state index contributed by atoms with van der Waals surface area (Å²) in [5, 5.41) is 11.3. The number of thiocarbonyl (C=S) groups is 1. The van der Waals surface area contributed by atoms with Crippen molar-refractivity contribution in [3.8, 4) is 0 Å². The smallest absolute Gasteiger partial charge is 0.303 e. The summed E-state index contributed by atoms with van der Waals surface area (Å²) in [6.45, 7) is 2.34. The lowest BCUT2D eigenvalue weighted by molar-refractivity contribution is -0.137. The molecule has 1 aliphatic rings. The van der Waals surface area contributed by atoms with Gasteiger partial charge in [0.25, 0.3) is 5.91 Å². The summed E-state index contributed by atoms with van der Waals surface area (Å²) >= 11 is 6.43. The summed E-state index contributed by atoms with van der Waals surface area (Å²) in [5.74, 6) is -1.35. The van der Waals surface area contributed by atoms with Gasteiger partial charge in [-0.25, -0.2) is 0 Å². The van der Waals surface area contributed by atoms with Crippen molar-refractivity contribution in [1.29, 1.82) is 0 Å². The Labute approximate surface area is 168 Å². The Morgan fingerprint density at radius 1 is 1.22 bits per heavy atom. The molecule has 1 aliphatic heterocycles. The quantitative estimate of drug-likeness (QED) is 0.372. The number of benzene rings is 1. The number of rotatable bonds is 9. The molecule has 1 saturated heterocycles. The number of hydrogen-bond acceptors (Lipinski definition) is 5. The van der Waals surface area contributed by atoms with Gasteiger partial charge in [-0.1, -0.05) is 60.2 Å². The number of unbranched alkanes of at least 4 members (excludes halogenated alkanes) is 2. The Morgan fingerprint density at radius 2 is 1.93 bits per heavy atom. The van der Waals surface area contributed by atoms with Crippen molar-refractivity contribution in [3.63, 3.8) is 0 Å². The van der Waals surface area contributed by atoms with Gasteiger partial charge in [0.05, 0.1) is 4.91 Å². The third-order valence-corrected chi connectivity index (χ3v) is 5.32. The Morgan fingerprint density at radius 3 is 2.59 bits per heavy atom. The molecule has 144 valence electrons. The number of carboxylic acid groups (broad SMARTS) is 1. The fourth-order valence-electron chi connectivity index (χ4n) is 2.46. The Balaban J connectivity index is 1.81. The number of nitrogens with zero attached hydrogens (tertiary/aromatic N) is 1. The average molecular weight is 407 g/mol. The van der Waals surface area contributed by atoms with Gasteiger partial charge in [0, 0.05) is 13.0 Å². The minimum absolute atomic E-state index is 0.106. The number of nitrogens with one attached hydrogen (secondary N) is 1. The molecule has 0 atom stereocenters. The Bertz CT molecular complexity index is 759. The molecular formula is C19H22N2O4S2. The van der Waals surface area contributed by atoms with E-state index in [1.54, 1.807) is 6.08 Å². The van der Waals surface area contributed by atoms with Crippen LogP contribution in [0.2, 0.25) is 0 Å². The number of carboxylic acids is 1. The molecule has 0 aromatic heterocycles. The maximum absolute atomic E-state index is 12.5. The Hall–Kier alpha value is -2.19. The van der Waals surface area contributed by atoms with E-state index in [1.807, 2.05) is 31.2 Å². The molecule has 0 radical (unpaired) electrons. The van der Waals surface area contributed by atoms with E-state index in [0.717, 1.165) is 17.5 Å². The van der Waals surface area contributed by atoms with Crippen molar-refractivity contribution in [2.75, 3.05) is 13.1 Å². The second-order valence-corrected chi connectivity index (χ2v) is 7.91. The predicted molar refractivity (Wildman–Crippen MR) is 110 cm³/mol. The van der Waals surface area contributed by atoms with E-state index in [-0.39, 0.29) is 24.8 Å². The van der Waals surface area contributed by atoms with E-state index >= 15 is 0 Å². The third kappa shape index (κ3) is 6.80. The van der Waals surface area contributed by atoms with Crippen LogP contribution < -0.4 is 5.32 Å². The van der Waals surface area contributed by atoms with Crippen LogP contribution in [0.25, 0.3) is 6.08 Å². The topological polar surface area (TPSA) is 86.7 Å². The van der Waals surface area contributed by atoms with Gasteiger partial charge in [-0.3, -0.25) is 19.3 Å². The normalized spacial score (nSPS) is 15.4. The molecule has 2 rings (SSSR count). The highest BCUT2D eigenvalue weighted by atomic mass is 32.2. The van der Waals surface area contributed by atoms with Gasteiger partial charge < -0.3 is 10.4 Å². The first-order valence-electron chi connectivity index (χ1n) is 8.67. The van der Waals surface area contributed by atoms with Crippen molar-refractivity contribution >= 4 is 52.2 Å². The molecule has 0 spiro atoms. The highest BCUT2D eigenvalue weighted by molar-refractivity contribution is 8.26. The molecule has 2 amide bonds. The summed E-state index contributed by atoms with van der Waals surface area (Å²) in [5.41, 5.74) is 2.05. The van der Waals surface area contributed by atoms with Crippen molar-refractivity contribution in [2.45, 2.75) is 32.6 Å². The summed E-state index contributed by atoms with van der Waals surface area (Å²) in [7, 11) is 0. The number of aliphatic carboxylic acids is 1. The summed E-state index contributed by atoms with van der Waals surface area (Å²) in [6, 6.07) is 7.80. The third-order valence-electron chi connectivity index (χ3n) is 3.94. The predicted octanol–water partition coefficient (Wildman–Crippen LogP) is 2.96. The van der Waals surface area contributed by atoms with E-state index in [0.29, 0.717) is 28.6 Å². The van der Waals surface area contributed by atoms with Crippen molar-refractivity contribution < 1.29 is 19.5 Å². The van der Waals surface area contributed by atoms with Gasteiger partial charge in [-0.2, -0.15) is 0 Å². The molecule has 1 fully saturated rings. The molecule has 0 bridgehead atoms. The first-order valence-corrected chi connectivity index (χ1v) is 9.90.